The van der Waals surface area contributed by atoms with E-state index in [0.717, 1.165) is 19.5 Å². The maximum Gasteiger partial charge on any atom is 0.0363 e. The van der Waals surface area contributed by atoms with Gasteiger partial charge in [-0.1, -0.05) is 26.0 Å². The first-order chi connectivity index (χ1) is 7.15. The van der Waals surface area contributed by atoms with Crippen molar-refractivity contribution in [1.29, 1.82) is 0 Å². The summed E-state index contributed by atoms with van der Waals surface area (Å²) in [6.45, 7) is 6.21. The van der Waals surface area contributed by atoms with Crippen molar-refractivity contribution in [3.63, 3.8) is 0 Å². The summed E-state index contributed by atoms with van der Waals surface area (Å²) in [7, 11) is 2.11. The molecule has 1 rings (SSSR count). The van der Waals surface area contributed by atoms with Crippen LogP contribution in [0.5, 0.6) is 0 Å². The first-order valence-corrected chi connectivity index (χ1v) is 5.66. The SMILES string of the molecule is CC(C)c1ccc(N(C)CCCN)cc1. The van der Waals surface area contributed by atoms with Gasteiger partial charge in [-0.2, -0.15) is 0 Å². The number of hydrogen-bond acceptors (Lipinski definition) is 2. The molecule has 0 spiro atoms. The van der Waals surface area contributed by atoms with Gasteiger partial charge in [0.25, 0.3) is 0 Å². The van der Waals surface area contributed by atoms with Crippen molar-refractivity contribution >= 4 is 5.69 Å². The molecule has 0 saturated heterocycles. The Labute approximate surface area is 93.1 Å². The second-order valence-electron chi connectivity index (χ2n) is 4.31. The minimum absolute atomic E-state index is 0.605. The Morgan fingerprint density at radius 1 is 1.20 bits per heavy atom. The van der Waals surface area contributed by atoms with E-state index in [4.69, 9.17) is 5.73 Å². The summed E-state index contributed by atoms with van der Waals surface area (Å²) in [6.07, 6.45) is 1.04. The molecule has 1 aromatic carbocycles. The van der Waals surface area contributed by atoms with Crippen molar-refractivity contribution in [1.82, 2.24) is 0 Å². The molecule has 0 unspecified atom stereocenters. The summed E-state index contributed by atoms with van der Waals surface area (Å²) in [4.78, 5) is 2.25. The second-order valence-corrected chi connectivity index (χ2v) is 4.31. The molecule has 0 aliphatic carbocycles. The summed E-state index contributed by atoms with van der Waals surface area (Å²) in [5.41, 5.74) is 8.16. The Kier molecular flexibility index (Phi) is 4.63. The fourth-order valence-electron chi connectivity index (χ4n) is 1.57. The van der Waals surface area contributed by atoms with Gasteiger partial charge in [-0.15, -0.1) is 0 Å². The highest BCUT2D eigenvalue weighted by Gasteiger charge is 2.02. The minimum Gasteiger partial charge on any atom is -0.375 e. The highest BCUT2D eigenvalue weighted by Crippen LogP contribution is 2.19. The van der Waals surface area contributed by atoms with Crippen molar-refractivity contribution in [2.24, 2.45) is 5.73 Å². The van der Waals surface area contributed by atoms with Crippen molar-refractivity contribution in [3.8, 4) is 0 Å². The average Bonchev–Trinajstić information content (AvgIpc) is 2.26. The van der Waals surface area contributed by atoms with Crippen LogP contribution >= 0.6 is 0 Å². The van der Waals surface area contributed by atoms with Gasteiger partial charge in [-0.3, -0.25) is 0 Å². The Bertz CT molecular complexity index is 277. The first kappa shape index (κ1) is 12.1. The predicted molar refractivity (Wildman–Crippen MR) is 67.5 cm³/mol. The summed E-state index contributed by atoms with van der Waals surface area (Å²) in [6, 6.07) is 8.79. The molecule has 0 bridgehead atoms. The van der Waals surface area contributed by atoms with Gasteiger partial charge in [0, 0.05) is 19.3 Å². The summed E-state index contributed by atoms with van der Waals surface area (Å²) < 4.78 is 0. The minimum atomic E-state index is 0.605. The van der Waals surface area contributed by atoms with Crippen molar-refractivity contribution in [2.75, 3.05) is 25.0 Å². The molecule has 2 heteroatoms. The largest absolute Gasteiger partial charge is 0.375 e. The van der Waals surface area contributed by atoms with Gasteiger partial charge in [0.05, 0.1) is 0 Å². The zero-order valence-electron chi connectivity index (χ0n) is 10.0. The third-order valence-electron chi connectivity index (χ3n) is 2.70. The van der Waals surface area contributed by atoms with E-state index in [0.29, 0.717) is 5.92 Å². The molecule has 84 valence electrons. The Balaban J connectivity index is 2.62. The fraction of sp³-hybridized carbons (Fsp3) is 0.538. The van der Waals surface area contributed by atoms with Crippen LogP contribution in [0, 0.1) is 0 Å². The lowest BCUT2D eigenvalue weighted by molar-refractivity contribution is 0.794. The van der Waals surface area contributed by atoms with Crippen LogP contribution in [-0.2, 0) is 0 Å². The number of hydrogen-bond donors (Lipinski definition) is 1. The van der Waals surface area contributed by atoms with Crippen LogP contribution < -0.4 is 10.6 Å². The molecule has 0 radical (unpaired) electrons. The smallest absolute Gasteiger partial charge is 0.0363 e. The lowest BCUT2D eigenvalue weighted by atomic mass is 10.0. The Hall–Kier alpha value is -1.02. The number of nitrogens with zero attached hydrogens (tertiary/aromatic N) is 1. The second kappa shape index (κ2) is 5.76. The van der Waals surface area contributed by atoms with Crippen LogP contribution in [0.4, 0.5) is 5.69 Å². The highest BCUT2D eigenvalue weighted by atomic mass is 15.1. The van der Waals surface area contributed by atoms with Gasteiger partial charge in [-0.05, 0) is 36.6 Å². The number of benzene rings is 1. The van der Waals surface area contributed by atoms with Crippen LogP contribution in [0.1, 0.15) is 31.7 Å². The van der Waals surface area contributed by atoms with Gasteiger partial charge in [0.15, 0.2) is 0 Å². The molecular formula is C13H22N2. The number of anilines is 1. The average molecular weight is 206 g/mol. The monoisotopic (exact) mass is 206 g/mol. The van der Waals surface area contributed by atoms with Crippen molar-refractivity contribution in [2.45, 2.75) is 26.2 Å². The van der Waals surface area contributed by atoms with Gasteiger partial charge in [0.2, 0.25) is 0 Å². The quantitative estimate of drug-likeness (QED) is 0.802. The number of rotatable bonds is 5. The summed E-state index contributed by atoms with van der Waals surface area (Å²) in [5, 5.41) is 0. The standard InChI is InChI=1S/C13H22N2/c1-11(2)12-5-7-13(8-6-12)15(3)10-4-9-14/h5-8,11H,4,9-10,14H2,1-3H3. The van der Waals surface area contributed by atoms with Gasteiger partial charge in [0.1, 0.15) is 0 Å². The summed E-state index contributed by atoms with van der Waals surface area (Å²) in [5.74, 6) is 0.605. The van der Waals surface area contributed by atoms with Crippen molar-refractivity contribution in [3.05, 3.63) is 29.8 Å². The van der Waals surface area contributed by atoms with E-state index < -0.39 is 0 Å². The van der Waals surface area contributed by atoms with Gasteiger partial charge < -0.3 is 10.6 Å². The van der Waals surface area contributed by atoms with E-state index in [1.807, 2.05) is 0 Å². The first-order valence-electron chi connectivity index (χ1n) is 5.66. The van der Waals surface area contributed by atoms with E-state index >= 15 is 0 Å². The van der Waals surface area contributed by atoms with Crippen LogP contribution in [-0.4, -0.2) is 20.1 Å². The molecule has 0 fully saturated rings. The molecule has 0 heterocycles. The molecule has 1 aromatic rings. The van der Waals surface area contributed by atoms with Crippen LogP contribution in [0.3, 0.4) is 0 Å². The zero-order valence-corrected chi connectivity index (χ0v) is 10.0. The zero-order chi connectivity index (χ0) is 11.3. The highest BCUT2D eigenvalue weighted by molar-refractivity contribution is 5.47. The van der Waals surface area contributed by atoms with E-state index in [9.17, 15) is 0 Å². The molecule has 0 saturated carbocycles. The van der Waals surface area contributed by atoms with Gasteiger partial charge in [-0.25, -0.2) is 0 Å². The third kappa shape index (κ3) is 3.56. The van der Waals surface area contributed by atoms with Crippen LogP contribution in [0.25, 0.3) is 0 Å². The van der Waals surface area contributed by atoms with E-state index in [2.05, 4.69) is 50.1 Å². The summed E-state index contributed by atoms with van der Waals surface area (Å²) >= 11 is 0. The van der Waals surface area contributed by atoms with Crippen LogP contribution in [0.15, 0.2) is 24.3 Å². The molecular weight excluding hydrogens is 184 g/mol. The lowest BCUT2D eigenvalue weighted by Gasteiger charge is -2.19. The topological polar surface area (TPSA) is 29.3 Å². The van der Waals surface area contributed by atoms with E-state index in [1.54, 1.807) is 0 Å². The van der Waals surface area contributed by atoms with Crippen molar-refractivity contribution < 1.29 is 0 Å². The maximum atomic E-state index is 5.49. The molecule has 0 aliphatic rings. The fourth-order valence-corrected chi connectivity index (χ4v) is 1.57. The molecule has 15 heavy (non-hydrogen) atoms. The number of nitrogens with two attached hydrogens (primary N) is 1. The Morgan fingerprint density at radius 2 is 1.80 bits per heavy atom. The molecule has 0 atom stereocenters. The third-order valence-corrected chi connectivity index (χ3v) is 2.70. The lowest BCUT2D eigenvalue weighted by Crippen LogP contribution is -2.20. The van der Waals surface area contributed by atoms with E-state index in [1.165, 1.54) is 11.3 Å². The maximum absolute atomic E-state index is 5.49. The normalized spacial score (nSPS) is 10.7. The molecule has 0 aromatic heterocycles. The van der Waals surface area contributed by atoms with E-state index in [-0.39, 0.29) is 0 Å². The molecule has 2 N–H and O–H groups in total. The molecule has 0 aliphatic heterocycles. The Morgan fingerprint density at radius 3 is 2.27 bits per heavy atom. The molecule has 2 nitrogen and oxygen atoms in total. The van der Waals surface area contributed by atoms with Gasteiger partial charge >= 0.3 is 0 Å². The van der Waals surface area contributed by atoms with Crippen LogP contribution in [0.2, 0.25) is 0 Å². The molecule has 0 amide bonds. The predicted octanol–water partition coefficient (Wildman–Crippen LogP) is 2.60.